The molecule has 90 valence electrons. The van der Waals surface area contributed by atoms with Gasteiger partial charge < -0.3 is 14.4 Å². The Balaban J connectivity index is 2.65. The zero-order valence-electron chi connectivity index (χ0n) is 9.37. The van der Waals surface area contributed by atoms with Crippen molar-refractivity contribution in [3.05, 3.63) is 32.5 Å². The van der Waals surface area contributed by atoms with Gasteiger partial charge in [-0.2, -0.15) is 0 Å². The minimum absolute atomic E-state index is 0.135. The van der Waals surface area contributed by atoms with E-state index >= 15 is 0 Å². The van der Waals surface area contributed by atoms with Crippen LogP contribution in [-0.4, -0.2) is 19.2 Å². The van der Waals surface area contributed by atoms with Gasteiger partial charge in [-0.1, -0.05) is 12.1 Å². The largest absolute Gasteiger partial charge is 0.503 e. The Kier molecular flexibility index (Phi) is 3.67. The number of anilines is 1. The van der Waals surface area contributed by atoms with Crippen LogP contribution in [0.3, 0.4) is 0 Å². The van der Waals surface area contributed by atoms with Gasteiger partial charge in [-0.15, -0.1) is 0 Å². The molecule has 1 heterocycles. The first kappa shape index (κ1) is 12.8. The van der Waals surface area contributed by atoms with Gasteiger partial charge in [-0.25, -0.2) is 0 Å². The van der Waals surface area contributed by atoms with Crippen LogP contribution in [0.2, 0.25) is 0 Å². The highest BCUT2D eigenvalue weighted by molar-refractivity contribution is 14.1. The number of hydrogen-bond acceptors (Lipinski definition) is 3. The molecule has 1 N–H and O–H groups in total. The predicted molar refractivity (Wildman–Crippen MR) is 80.6 cm³/mol. The van der Waals surface area contributed by atoms with Crippen molar-refractivity contribution >= 4 is 44.4 Å². The smallest absolute Gasteiger partial charge is 0.214 e. The van der Waals surface area contributed by atoms with Gasteiger partial charge >= 0.3 is 0 Å². The van der Waals surface area contributed by atoms with E-state index in [1.807, 2.05) is 43.3 Å². The van der Waals surface area contributed by atoms with Crippen LogP contribution in [0.5, 0.6) is 5.75 Å². The van der Waals surface area contributed by atoms with E-state index in [9.17, 15) is 5.11 Å². The number of furan rings is 1. The van der Waals surface area contributed by atoms with Crippen molar-refractivity contribution in [2.75, 3.05) is 19.0 Å². The number of benzene rings is 1. The van der Waals surface area contributed by atoms with E-state index in [1.165, 1.54) is 0 Å². The average Bonchev–Trinajstić information content (AvgIpc) is 2.56. The fraction of sp³-hybridized carbons (Fsp3) is 0.167. The van der Waals surface area contributed by atoms with Crippen molar-refractivity contribution in [1.82, 2.24) is 0 Å². The third-order valence-electron chi connectivity index (χ3n) is 2.34. The first-order chi connectivity index (χ1) is 8.00. The number of halogens is 2. The third-order valence-corrected chi connectivity index (χ3v) is 3.55. The molecular weight excluding hydrogens is 397 g/mol. The molecule has 17 heavy (non-hydrogen) atoms. The molecule has 0 aliphatic rings. The summed E-state index contributed by atoms with van der Waals surface area (Å²) in [6.07, 6.45) is 0. The van der Waals surface area contributed by atoms with Crippen LogP contribution in [-0.2, 0) is 0 Å². The Labute approximate surface area is 122 Å². The lowest BCUT2D eigenvalue weighted by Crippen LogP contribution is -2.08. The van der Waals surface area contributed by atoms with Gasteiger partial charge in [-0.3, -0.25) is 0 Å². The van der Waals surface area contributed by atoms with Crippen molar-refractivity contribution in [1.29, 1.82) is 0 Å². The molecule has 2 rings (SSSR count). The van der Waals surface area contributed by atoms with E-state index in [-0.39, 0.29) is 5.75 Å². The average molecular weight is 408 g/mol. The molecular formula is C12H11BrINO2. The molecule has 1 aromatic heterocycles. The van der Waals surface area contributed by atoms with Crippen molar-refractivity contribution in [2.45, 2.75) is 0 Å². The normalized spacial score (nSPS) is 10.6. The number of nitrogens with zero attached hydrogens (tertiary/aromatic N) is 1. The molecule has 0 saturated carbocycles. The lowest BCUT2D eigenvalue weighted by molar-refractivity contribution is 0.447. The summed E-state index contributed by atoms with van der Waals surface area (Å²) in [5.74, 6) is 0.770. The molecule has 0 atom stereocenters. The monoisotopic (exact) mass is 407 g/mol. The summed E-state index contributed by atoms with van der Waals surface area (Å²) < 4.78 is 6.96. The summed E-state index contributed by atoms with van der Waals surface area (Å²) in [5.41, 5.74) is 1.65. The summed E-state index contributed by atoms with van der Waals surface area (Å²) in [6.45, 7) is 0. The highest BCUT2D eigenvalue weighted by atomic mass is 127. The highest BCUT2D eigenvalue weighted by Gasteiger charge is 2.21. The summed E-state index contributed by atoms with van der Waals surface area (Å²) >= 11 is 5.45. The summed E-state index contributed by atoms with van der Waals surface area (Å²) in [5, 5.41) is 10.0. The van der Waals surface area contributed by atoms with Crippen molar-refractivity contribution in [2.24, 2.45) is 0 Å². The van der Waals surface area contributed by atoms with Crippen LogP contribution in [0.4, 0.5) is 5.88 Å². The Hall–Kier alpha value is -0.690. The molecule has 0 radical (unpaired) electrons. The van der Waals surface area contributed by atoms with E-state index in [4.69, 9.17) is 4.42 Å². The number of rotatable bonds is 2. The second kappa shape index (κ2) is 4.89. The van der Waals surface area contributed by atoms with Crippen LogP contribution in [0, 0.1) is 3.57 Å². The summed E-state index contributed by atoms with van der Waals surface area (Å²) in [7, 11) is 3.75. The fourth-order valence-corrected chi connectivity index (χ4v) is 2.50. The first-order valence-electron chi connectivity index (χ1n) is 4.95. The molecule has 0 aliphatic heterocycles. The van der Waals surface area contributed by atoms with E-state index in [0.717, 1.165) is 9.13 Å². The molecule has 0 spiro atoms. The van der Waals surface area contributed by atoms with E-state index in [0.29, 0.717) is 16.1 Å². The van der Waals surface area contributed by atoms with Gasteiger partial charge in [-0.05, 0) is 56.2 Å². The number of aromatic hydroxyl groups is 1. The van der Waals surface area contributed by atoms with Gasteiger partial charge in [0.25, 0.3) is 0 Å². The minimum Gasteiger partial charge on any atom is -0.503 e. The summed E-state index contributed by atoms with van der Waals surface area (Å²) in [6, 6.07) is 7.92. The Morgan fingerprint density at radius 2 is 2.06 bits per heavy atom. The maximum atomic E-state index is 10.0. The molecule has 2 aromatic rings. The van der Waals surface area contributed by atoms with Gasteiger partial charge in [0.05, 0.1) is 5.56 Å². The Morgan fingerprint density at radius 1 is 1.35 bits per heavy atom. The Bertz CT molecular complexity index is 551. The van der Waals surface area contributed by atoms with Crippen molar-refractivity contribution < 1.29 is 9.52 Å². The zero-order valence-corrected chi connectivity index (χ0v) is 13.1. The van der Waals surface area contributed by atoms with Crippen LogP contribution in [0.25, 0.3) is 11.1 Å². The van der Waals surface area contributed by atoms with Gasteiger partial charge in [0.15, 0.2) is 5.75 Å². The topological polar surface area (TPSA) is 36.6 Å². The van der Waals surface area contributed by atoms with Crippen LogP contribution >= 0.6 is 38.5 Å². The molecule has 5 heteroatoms. The molecule has 0 fully saturated rings. The lowest BCUT2D eigenvalue weighted by atomic mass is 10.1. The predicted octanol–water partition coefficient (Wildman–Crippen LogP) is 4.09. The first-order valence-corrected chi connectivity index (χ1v) is 6.82. The molecule has 3 nitrogen and oxygen atoms in total. The second-order valence-corrected chi connectivity index (χ2v) is 5.78. The quantitative estimate of drug-likeness (QED) is 0.762. The van der Waals surface area contributed by atoms with Crippen LogP contribution in [0.15, 0.2) is 33.4 Å². The number of hydrogen-bond donors (Lipinski definition) is 1. The van der Waals surface area contributed by atoms with Crippen molar-refractivity contribution in [3.63, 3.8) is 0 Å². The highest BCUT2D eigenvalue weighted by Crippen LogP contribution is 2.45. The second-order valence-electron chi connectivity index (χ2n) is 3.81. The molecule has 0 amide bonds. The van der Waals surface area contributed by atoms with Crippen LogP contribution < -0.4 is 4.90 Å². The summed E-state index contributed by atoms with van der Waals surface area (Å²) in [4.78, 5) is 1.83. The molecule has 1 aromatic carbocycles. The van der Waals surface area contributed by atoms with E-state index in [2.05, 4.69) is 38.5 Å². The maximum Gasteiger partial charge on any atom is 0.214 e. The minimum atomic E-state index is 0.135. The third kappa shape index (κ3) is 2.44. The van der Waals surface area contributed by atoms with Gasteiger partial charge in [0.2, 0.25) is 10.6 Å². The molecule has 0 bridgehead atoms. The maximum absolute atomic E-state index is 10.0. The SMILES string of the molecule is CN(C)c1oc(Br)c(O)c1-c1cccc(I)c1. The fourth-order valence-electron chi connectivity index (χ4n) is 1.60. The van der Waals surface area contributed by atoms with Gasteiger partial charge in [0, 0.05) is 17.7 Å². The molecule has 0 unspecified atom stereocenters. The molecule has 0 aliphatic carbocycles. The van der Waals surface area contributed by atoms with E-state index in [1.54, 1.807) is 0 Å². The standard InChI is InChI=1S/C12H11BrINO2/c1-15(2)12-9(10(16)11(13)17-12)7-4-3-5-8(14)6-7/h3-6,16H,1-2H3. The van der Waals surface area contributed by atoms with Crippen LogP contribution in [0.1, 0.15) is 0 Å². The lowest BCUT2D eigenvalue weighted by Gasteiger charge is -2.11. The Morgan fingerprint density at radius 3 is 2.65 bits per heavy atom. The zero-order chi connectivity index (χ0) is 12.6. The van der Waals surface area contributed by atoms with Crippen molar-refractivity contribution in [3.8, 4) is 16.9 Å². The van der Waals surface area contributed by atoms with Gasteiger partial charge in [0.1, 0.15) is 0 Å². The van der Waals surface area contributed by atoms with E-state index < -0.39 is 0 Å². The molecule has 0 saturated heterocycles.